The molecule has 0 spiro atoms. The van der Waals surface area contributed by atoms with Crippen LogP contribution < -0.4 is 11.5 Å². The molecule has 29 heavy (non-hydrogen) atoms. The van der Waals surface area contributed by atoms with Crippen LogP contribution in [0.1, 0.15) is 22.6 Å². The van der Waals surface area contributed by atoms with Crippen molar-refractivity contribution < 1.29 is 8.78 Å². The standard InChI is InChI=1S/C25H18F2N2/c26-20-12-14(8-10-22(20)28)16-6-3-7-19-24(15-9-11-23(29)21(27)13-15)17-4-1-2-5-18(17)25(16)19/h1-13,24H,28-29H2. The second kappa shape index (κ2) is 6.45. The Morgan fingerprint density at radius 1 is 0.621 bits per heavy atom. The molecule has 4 aromatic rings. The molecule has 0 saturated carbocycles. The summed E-state index contributed by atoms with van der Waals surface area (Å²) in [6, 6.07) is 23.9. The van der Waals surface area contributed by atoms with Gasteiger partial charge < -0.3 is 11.5 Å². The Morgan fingerprint density at radius 2 is 1.28 bits per heavy atom. The summed E-state index contributed by atoms with van der Waals surface area (Å²) in [6.45, 7) is 0. The summed E-state index contributed by atoms with van der Waals surface area (Å²) in [4.78, 5) is 0. The summed E-state index contributed by atoms with van der Waals surface area (Å²) in [5.41, 5.74) is 18.4. The molecular weight excluding hydrogens is 366 g/mol. The van der Waals surface area contributed by atoms with E-state index in [9.17, 15) is 8.78 Å². The first-order valence-electron chi connectivity index (χ1n) is 9.37. The summed E-state index contributed by atoms with van der Waals surface area (Å²) < 4.78 is 28.4. The van der Waals surface area contributed by atoms with Crippen LogP contribution in [0.25, 0.3) is 22.3 Å². The highest BCUT2D eigenvalue weighted by molar-refractivity contribution is 5.92. The molecule has 142 valence electrons. The topological polar surface area (TPSA) is 52.0 Å². The van der Waals surface area contributed by atoms with E-state index in [-0.39, 0.29) is 17.3 Å². The first-order chi connectivity index (χ1) is 14.0. The summed E-state index contributed by atoms with van der Waals surface area (Å²) in [5, 5.41) is 0. The molecule has 4 N–H and O–H groups in total. The van der Waals surface area contributed by atoms with Crippen LogP contribution in [0.15, 0.2) is 78.9 Å². The predicted octanol–water partition coefficient (Wildman–Crippen LogP) is 5.96. The van der Waals surface area contributed by atoms with Gasteiger partial charge in [0.1, 0.15) is 11.6 Å². The molecule has 4 aromatic carbocycles. The van der Waals surface area contributed by atoms with E-state index in [0.29, 0.717) is 0 Å². The first-order valence-corrected chi connectivity index (χ1v) is 9.37. The highest BCUT2D eigenvalue weighted by atomic mass is 19.1. The second-order valence-corrected chi connectivity index (χ2v) is 7.31. The lowest BCUT2D eigenvalue weighted by atomic mass is 9.88. The molecule has 1 aliphatic rings. The predicted molar refractivity (Wildman–Crippen MR) is 113 cm³/mol. The van der Waals surface area contributed by atoms with Crippen LogP contribution in [0.2, 0.25) is 0 Å². The van der Waals surface area contributed by atoms with Crippen LogP contribution >= 0.6 is 0 Å². The molecule has 0 fully saturated rings. The van der Waals surface area contributed by atoms with Crippen LogP contribution in [-0.2, 0) is 0 Å². The lowest BCUT2D eigenvalue weighted by molar-refractivity contribution is 0.629. The zero-order valence-corrected chi connectivity index (χ0v) is 15.5. The van der Waals surface area contributed by atoms with Crippen LogP contribution in [0, 0.1) is 11.6 Å². The lowest BCUT2D eigenvalue weighted by Gasteiger charge is -2.16. The maximum atomic E-state index is 14.2. The van der Waals surface area contributed by atoms with Crippen molar-refractivity contribution in [3.63, 3.8) is 0 Å². The zero-order valence-electron chi connectivity index (χ0n) is 15.5. The molecule has 0 amide bonds. The molecule has 0 radical (unpaired) electrons. The monoisotopic (exact) mass is 384 g/mol. The quantitative estimate of drug-likeness (QED) is 0.369. The number of halogens is 2. The highest BCUT2D eigenvalue weighted by Crippen LogP contribution is 2.51. The number of hydrogen-bond donors (Lipinski definition) is 2. The van der Waals surface area contributed by atoms with Gasteiger partial charge in [-0.15, -0.1) is 0 Å². The molecule has 4 heteroatoms. The van der Waals surface area contributed by atoms with Crippen molar-refractivity contribution >= 4 is 11.4 Å². The van der Waals surface area contributed by atoms with Gasteiger partial charge in [-0.3, -0.25) is 0 Å². The summed E-state index contributed by atoms with van der Waals surface area (Å²) in [5.74, 6) is -0.983. The number of rotatable bonds is 2. The number of nitrogens with two attached hydrogens (primary N) is 2. The summed E-state index contributed by atoms with van der Waals surface area (Å²) >= 11 is 0. The largest absolute Gasteiger partial charge is 0.396 e. The molecule has 5 rings (SSSR count). The van der Waals surface area contributed by atoms with Crippen LogP contribution in [0.3, 0.4) is 0 Å². The van der Waals surface area contributed by atoms with Gasteiger partial charge in [-0.2, -0.15) is 0 Å². The minimum Gasteiger partial charge on any atom is -0.396 e. The van der Waals surface area contributed by atoms with E-state index in [2.05, 4.69) is 12.1 Å². The Kier molecular flexibility index (Phi) is 3.88. The fourth-order valence-electron chi connectivity index (χ4n) is 4.27. The third-order valence-electron chi connectivity index (χ3n) is 5.62. The number of nitrogen functional groups attached to an aromatic ring is 2. The molecule has 0 aliphatic heterocycles. The van der Waals surface area contributed by atoms with E-state index in [1.54, 1.807) is 12.1 Å². The number of benzene rings is 4. The van der Waals surface area contributed by atoms with Gasteiger partial charge in [0.05, 0.1) is 11.4 Å². The first kappa shape index (κ1) is 17.4. The van der Waals surface area contributed by atoms with E-state index in [4.69, 9.17) is 11.5 Å². The van der Waals surface area contributed by atoms with Gasteiger partial charge in [-0.25, -0.2) is 8.78 Å². The fraction of sp³-hybridized carbons (Fsp3) is 0.0400. The van der Waals surface area contributed by atoms with E-state index in [0.717, 1.165) is 38.9 Å². The number of anilines is 2. The van der Waals surface area contributed by atoms with Crippen molar-refractivity contribution in [2.24, 2.45) is 0 Å². The van der Waals surface area contributed by atoms with Crippen LogP contribution in [0.4, 0.5) is 20.2 Å². The van der Waals surface area contributed by atoms with Crippen LogP contribution in [0.5, 0.6) is 0 Å². The highest BCUT2D eigenvalue weighted by Gasteiger charge is 2.32. The molecule has 0 bridgehead atoms. The Balaban J connectivity index is 1.78. The maximum absolute atomic E-state index is 14.2. The molecule has 1 atom stereocenters. The third kappa shape index (κ3) is 2.68. The van der Waals surface area contributed by atoms with Crippen molar-refractivity contribution in [1.29, 1.82) is 0 Å². The zero-order chi connectivity index (χ0) is 20.1. The third-order valence-corrected chi connectivity index (χ3v) is 5.62. The smallest absolute Gasteiger partial charge is 0.146 e. The number of fused-ring (bicyclic) bond motifs is 3. The van der Waals surface area contributed by atoms with Crippen molar-refractivity contribution in [1.82, 2.24) is 0 Å². The van der Waals surface area contributed by atoms with Crippen LogP contribution in [-0.4, -0.2) is 0 Å². The number of hydrogen-bond acceptors (Lipinski definition) is 2. The molecule has 0 aromatic heterocycles. The van der Waals surface area contributed by atoms with Gasteiger partial charge >= 0.3 is 0 Å². The van der Waals surface area contributed by atoms with Gasteiger partial charge in [0.15, 0.2) is 0 Å². The summed E-state index contributed by atoms with van der Waals surface area (Å²) in [6.07, 6.45) is 0. The Morgan fingerprint density at radius 3 is 2.03 bits per heavy atom. The minimum atomic E-state index is -0.441. The second-order valence-electron chi connectivity index (χ2n) is 7.31. The molecule has 0 saturated heterocycles. The molecule has 1 unspecified atom stereocenters. The maximum Gasteiger partial charge on any atom is 0.146 e. The van der Waals surface area contributed by atoms with Gasteiger partial charge in [0.25, 0.3) is 0 Å². The van der Waals surface area contributed by atoms with Gasteiger partial charge in [-0.05, 0) is 63.2 Å². The van der Waals surface area contributed by atoms with Crippen molar-refractivity contribution in [2.75, 3.05) is 11.5 Å². The minimum absolute atomic E-state index is 0.116. The van der Waals surface area contributed by atoms with Gasteiger partial charge in [0.2, 0.25) is 0 Å². The Labute approximate surface area is 167 Å². The molecule has 2 nitrogen and oxygen atoms in total. The van der Waals surface area contributed by atoms with Crippen molar-refractivity contribution in [3.05, 3.63) is 107 Å². The van der Waals surface area contributed by atoms with E-state index in [1.165, 1.54) is 12.1 Å². The van der Waals surface area contributed by atoms with E-state index >= 15 is 0 Å². The molecule has 1 aliphatic carbocycles. The average molecular weight is 384 g/mol. The van der Waals surface area contributed by atoms with Gasteiger partial charge in [0, 0.05) is 5.92 Å². The van der Waals surface area contributed by atoms with E-state index in [1.807, 2.05) is 42.5 Å². The Hall–Kier alpha value is -3.66. The SMILES string of the molecule is Nc1ccc(-c2cccc3c2-c2ccccc2C3c2ccc(N)c(F)c2)cc1F. The lowest BCUT2D eigenvalue weighted by Crippen LogP contribution is -2.01. The molecular formula is C25H18F2N2. The fourth-order valence-corrected chi connectivity index (χ4v) is 4.27. The summed E-state index contributed by atoms with van der Waals surface area (Å²) in [7, 11) is 0. The normalized spacial score (nSPS) is 14.5. The Bertz CT molecular complexity index is 1260. The average Bonchev–Trinajstić information content (AvgIpc) is 3.07. The van der Waals surface area contributed by atoms with E-state index < -0.39 is 11.6 Å². The van der Waals surface area contributed by atoms with Gasteiger partial charge in [-0.1, -0.05) is 54.6 Å². The van der Waals surface area contributed by atoms with Crippen molar-refractivity contribution in [2.45, 2.75) is 5.92 Å². The molecule has 0 heterocycles. The van der Waals surface area contributed by atoms with Crippen molar-refractivity contribution in [3.8, 4) is 22.3 Å².